The van der Waals surface area contributed by atoms with Crippen molar-refractivity contribution in [2.45, 2.75) is 5.75 Å². The highest BCUT2D eigenvalue weighted by Gasteiger charge is 2.34. The van der Waals surface area contributed by atoms with Gasteiger partial charge in [-0.1, -0.05) is 12.1 Å². The van der Waals surface area contributed by atoms with Gasteiger partial charge in [0.05, 0.1) is 23.8 Å². The van der Waals surface area contributed by atoms with Gasteiger partial charge in [0.1, 0.15) is 17.2 Å². The molecule has 0 fully saturated rings. The minimum atomic E-state index is -3.12. The Morgan fingerprint density at radius 2 is 1.66 bits per heavy atom. The first-order valence-corrected chi connectivity index (χ1v) is 13.8. The first kappa shape index (κ1) is 25.3. The van der Waals surface area contributed by atoms with Crippen LogP contribution in [-0.4, -0.2) is 41.2 Å². The van der Waals surface area contributed by atoms with Gasteiger partial charge in [-0.2, -0.15) is 4.98 Å². The zero-order chi connectivity index (χ0) is 27.1. The molecular formula is C27H27FN7O2S+. The molecule has 1 atom stereocenters. The van der Waals surface area contributed by atoms with Gasteiger partial charge in [-0.3, -0.25) is 0 Å². The quantitative estimate of drug-likeness (QED) is 0.284. The SMILES string of the molecule is Cn1c(N)nc2cc([N+](C)(c3ccc(F)cc3)c3ccnc(Nc4ccc(CS(C)(=O)=O)cc4)n3)ccc21. The Bertz CT molecular complexity index is 1740. The lowest BCUT2D eigenvalue weighted by Gasteiger charge is -2.32. The van der Waals surface area contributed by atoms with Gasteiger partial charge in [-0.05, 0) is 35.9 Å². The average molecular weight is 533 g/mol. The molecule has 2 aromatic heterocycles. The second kappa shape index (κ2) is 9.51. The topological polar surface area (TPSA) is 116 Å². The molecule has 11 heteroatoms. The fraction of sp³-hybridized carbons (Fsp3) is 0.148. The first-order chi connectivity index (χ1) is 18.0. The molecule has 0 saturated carbocycles. The number of sulfone groups is 1. The van der Waals surface area contributed by atoms with Gasteiger partial charge in [-0.25, -0.2) is 27.3 Å². The molecule has 0 aliphatic rings. The molecule has 3 N–H and O–H groups in total. The molecule has 0 bridgehead atoms. The van der Waals surface area contributed by atoms with E-state index in [-0.39, 0.29) is 16.1 Å². The zero-order valence-electron chi connectivity index (χ0n) is 21.1. The molecule has 194 valence electrons. The lowest BCUT2D eigenvalue weighted by molar-refractivity contribution is 0.599. The highest BCUT2D eigenvalue weighted by Crippen LogP contribution is 2.42. The molecule has 9 nitrogen and oxygen atoms in total. The van der Waals surface area contributed by atoms with Crippen LogP contribution >= 0.6 is 0 Å². The number of rotatable bonds is 7. The molecule has 3 aromatic carbocycles. The average Bonchev–Trinajstić information content (AvgIpc) is 3.17. The van der Waals surface area contributed by atoms with Crippen LogP contribution in [0.4, 0.5) is 39.2 Å². The Morgan fingerprint density at radius 3 is 2.34 bits per heavy atom. The summed E-state index contributed by atoms with van der Waals surface area (Å²) in [6.07, 6.45) is 2.86. The highest BCUT2D eigenvalue weighted by molar-refractivity contribution is 7.89. The van der Waals surface area contributed by atoms with E-state index in [0.29, 0.717) is 29.0 Å². The van der Waals surface area contributed by atoms with Crippen molar-refractivity contribution in [3.8, 4) is 0 Å². The monoisotopic (exact) mass is 532 g/mol. The standard InChI is InChI=1S/C27H27FN7O2S/c1-34-24-13-12-22(16-23(24)32-26(34)29)35(2,21-10-6-19(28)7-11-21)25-14-15-30-27(33-25)31-20-8-4-18(5-9-20)17-38(3,36)37/h4-16H,17H2,1-3H3,(H2,29,32)(H,30,31,33)/q+1. The second-order valence-electron chi connectivity index (χ2n) is 9.32. The van der Waals surface area contributed by atoms with Crippen LogP contribution in [0.3, 0.4) is 0 Å². The Morgan fingerprint density at radius 1 is 0.974 bits per heavy atom. The maximum atomic E-state index is 13.9. The Labute approximate surface area is 219 Å². The number of quaternary nitrogens is 1. The number of imidazole rings is 1. The van der Waals surface area contributed by atoms with Gasteiger partial charge in [0.2, 0.25) is 17.7 Å². The third-order valence-corrected chi connectivity index (χ3v) is 7.35. The van der Waals surface area contributed by atoms with E-state index >= 15 is 0 Å². The predicted octanol–water partition coefficient (Wildman–Crippen LogP) is 4.97. The number of aryl methyl sites for hydroxylation is 1. The van der Waals surface area contributed by atoms with E-state index < -0.39 is 9.84 Å². The number of benzene rings is 3. The molecule has 0 saturated heterocycles. The summed E-state index contributed by atoms with van der Waals surface area (Å²) < 4.78 is 38.9. The van der Waals surface area contributed by atoms with E-state index in [9.17, 15) is 12.8 Å². The van der Waals surface area contributed by atoms with E-state index in [4.69, 9.17) is 10.7 Å². The van der Waals surface area contributed by atoms with Gasteiger partial charge in [0.25, 0.3) is 0 Å². The number of nitrogens with zero attached hydrogens (tertiary/aromatic N) is 5. The minimum Gasteiger partial charge on any atom is -0.369 e. The number of nitrogens with two attached hydrogens (primary N) is 1. The molecule has 0 aliphatic carbocycles. The summed E-state index contributed by atoms with van der Waals surface area (Å²) in [4.78, 5) is 13.7. The van der Waals surface area contributed by atoms with Gasteiger partial charge in [0.15, 0.2) is 9.84 Å². The van der Waals surface area contributed by atoms with Crippen LogP contribution in [0.1, 0.15) is 5.56 Å². The summed E-state index contributed by atoms with van der Waals surface area (Å²) in [5.74, 6) is 1.03. The number of fused-ring (bicyclic) bond motifs is 1. The van der Waals surface area contributed by atoms with Gasteiger partial charge < -0.3 is 15.6 Å². The fourth-order valence-electron chi connectivity index (χ4n) is 4.41. The van der Waals surface area contributed by atoms with E-state index in [1.165, 1.54) is 18.4 Å². The molecule has 0 radical (unpaired) electrons. The van der Waals surface area contributed by atoms with Crippen molar-refractivity contribution < 1.29 is 12.8 Å². The first-order valence-electron chi connectivity index (χ1n) is 11.8. The van der Waals surface area contributed by atoms with Crippen LogP contribution in [0.5, 0.6) is 0 Å². The predicted molar refractivity (Wildman–Crippen MR) is 149 cm³/mol. The smallest absolute Gasteiger partial charge is 0.242 e. The molecule has 1 unspecified atom stereocenters. The van der Waals surface area contributed by atoms with Crippen molar-refractivity contribution in [2.75, 3.05) is 24.4 Å². The van der Waals surface area contributed by atoms with Crippen molar-refractivity contribution in [1.29, 1.82) is 0 Å². The molecular weight excluding hydrogens is 505 g/mol. The summed E-state index contributed by atoms with van der Waals surface area (Å²) in [6, 6.07) is 21.0. The number of anilines is 3. The fourth-order valence-corrected chi connectivity index (χ4v) is 5.21. The van der Waals surface area contributed by atoms with Crippen LogP contribution < -0.4 is 15.5 Å². The van der Waals surface area contributed by atoms with Gasteiger partial charge >= 0.3 is 0 Å². The van der Waals surface area contributed by atoms with Crippen LogP contribution in [0.25, 0.3) is 11.0 Å². The van der Waals surface area contributed by atoms with Crippen LogP contribution in [-0.2, 0) is 22.6 Å². The maximum Gasteiger partial charge on any atom is 0.242 e. The number of aromatic nitrogens is 4. The van der Waals surface area contributed by atoms with Crippen molar-refractivity contribution in [1.82, 2.24) is 24.0 Å². The van der Waals surface area contributed by atoms with E-state index in [1.54, 1.807) is 48.7 Å². The van der Waals surface area contributed by atoms with Gasteiger partial charge in [0, 0.05) is 55.5 Å². The summed E-state index contributed by atoms with van der Waals surface area (Å²) in [5.41, 5.74) is 10.7. The normalized spacial score (nSPS) is 13.4. The second-order valence-corrected chi connectivity index (χ2v) is 11.5. The Kier molecular flexibility index (Phi) is 6.33. The molecule has 0 aliphatic heterocycles. The number of nitrogen functional groups attached to an aromatic ring is 1. The number of nitrogens with one attached hydrogen (secondary N) is 1. The molecule has 0 spiro atoms. The summed E-state index contributed by atoms with van der Waals surface area (Å²) in [5, 5.41) is 3.19. The van der Waals surface area contributed by atoms with Crippen molar-refractivity contribution in [3.63, 3.8) is 0 Å². The largest absolute Gasteiger partial charge is 0.369 e. The molecule has 5 rings (SSSR count). The van der Waals surface area contributed by atoms with E-state index in [1.807, 2.05) is 36.9 Å². The number of hydrogen-bond acceptors (Lipinski definition) is 7. The highest BCUT2D eigenvalue weighted by atomic mass is 32.2. The zero-order valence-corrected chi connectivity index (χ0v) is 21.9. The van der Waals surface area contributed by atoms with Crippen LogP contribution in [0.15, 0.2) is 79.0 Å². The van der Waals surface area contributed by atoms with Crippen LogP contribution in [0, 0.1) is 5.82 Å². The molecule has 38 heavy (non-hydrogen) atoms. The lowest BCUT2D eigenvalue weighted by Crippen LogP contribution is -2.34. The molecule has 2 heterocycles. The van der Waals surface area contributed by atoms with Gasteiger partial charge in [-0.15, -0.1) is 0 Å². The molecule has 5 aromatic rings. The van der Waals surface area contributed by atoms with E-state index in [2.05, 4.69) is 15.3 Å². The Balaban J connectivity index is 1.56. The third kappa shape index (κ3) is 4.93. The van der Waals surface area contributed by atoms with E-state index in [0.717, 1.165) is 22.4 Å². The number of hydrogen-bond donors (Lipinski definition) is 2. The van der Waals surface area contributed by atoms with Crippen molar-refractivity contribution in [2.24, 2.45) is 7.05 Å². The number of halogens is 1. The third-order valence-electron chi connectivity index (χ3n) is 6.50. The summed E-state index contributed by atoms with van der Waals surface area (Å²) in [6.45, 7) is 0. The maximum absolute atomic E-state index is 13.9. The minimum absolute atomic E-state index is 0.0287. The van der Waals surface area contributed by atoms with Crippen molar-refractivity contribution >= 4 is 55.6 Å². The lowest BCUT2D eigenvalue weighted by atomic mass is 10.1. The Hall–Kier alpha value is -4.35. The summed E-state index contributed by atoms with van der Waals surface area (Å²) >= 11 is 0. The molecule has 0 amide bonds. The summed E-state index contributed by atoms with van der Waals surface area (Å²) in [7, 11) is 0.696. The van der Waals surface area contributed by atoms with Crippen LogP contribution in [0.2, 0.25) is 0 Å². The van der Waals surface area contributed by atoms with Crippen molar-refractivity contribution in [3.05, 3.63) is 90.4 Å².